The second-order valence-electron chi connectivity index (χ2n) is 3.81. The normalized spacial score (nSPS) is 12.2. The lowest BCUT2D eigenvalue weighted by atomic mass is 10.2. The number of aldehydes is 1. The van der Waals surface area contributed by atoms with Gasteiger partial charge < -0.3 is 9.53 Å². The van der Waals surface area contributed by atoms with Crippen molar-refractivity contribution >= 4 is 22.1 Å². The summed E-state index contributed by atoms with van der Waals surface area (Å²) in [5.41, 5.74) is -0.715. The number of hydrogen-bond donors (Lipinski definition) is 0. The van der Waals surface area contributed by atoms with Crippen molar-refractivity contribution in [3.8, 4) is 0 Å². The van der Waals surface area contributed by atoms with Crippen molar-refractivity contribution in [2.45, 2.75) is 26.4 Å². The molecule has 14 heavy (non-hydrogen) atoms. The number of rotatable bonds is 4. The van der Waals surface area contributed by atoms with Gasteiger partial charge in [0.15, 0.2) is 9.84 Å². The topological polar surface area (TPSA) is 77.5 Å². The summed E-state index contributed by atoms with van der Waals surface area (Å²) in [4.78, 5) is 21.0. The van der Waals surface area contributed by atoms with Gasteiger partial charge in [0.2, 0.25) is 0 Å². The second-order valence-corrected chi connectivity index (χ2v) is 5.92. The molecule has 0 aromatic carbocycles. The first kappa shape index (κ1) is 13.1. The maximum absolute atomic E-state index is 11.0. The van der Waals surface area contributed by atoms with E-state index >= 15 is 0 Å². The van der Waals surface area contributed by atoms with E-state index in [1.165, 1.54) is 0 Å². The molecular formula is C8H14O5S. The summed E-state index contributed by atoms with van der Waals surface area (Å²) in [7, 11) is -3.65. The van der Waals surface area contributed by atoms with Crippen molar-refractivity contribution in [1.29, 1.82) is 0 Å². The molecule has 0 atom stereocenters. The van der Waals surface area contributed by atoms with Crippen LogP contribution in [0, 0.1) is 0 Å². The van der Waals surface area contributed by atoms with Gasteiger partial charge in [0.05, 0.1) is 0 Å². The van der Waals surface area contributed by atoms with Crippen molar-refractivity contribution < 1.29 is 22.7 Å². The van der Waals surface area contributed by atoms with Crippen LogP contribution >= 0.6 is 0 Å². The summed E-state index contributed by atoms with van der Waals surface area (Å²) in [6, 6.07) is 0. The molecule has 0 aromatic rings. The maximum atomic E-state index is 11.0. The van der Waals surface area contributed by atoms with Gasteiger partial charge in [-0.2, -0.15) is 0 Å². The minimum atomic E-state index is -3.65. The zero-order valence-electron chi connectivity index (χ0n) is 8.44. The van der Waals surface area contributed by atoms with Gasteiger partial charge in [-0.1, -0.05) is 0 Å². The van der Waals surface area contributed by atoms with Crippen LogP contribution in [0.2, 0.25) is 0 Å². The molecule has 0 aliphatic heterocycles. The molecule has 0 N–H and O–H groups in total. The van der Waals surface area contributed by atoms with E-state index in [0.29, 0.717) is 0 Å². The van der Waals surface area contributed by atoms with Crippen LogP contribution in [-0.4, -0.2) is 37.8 Å². The Morgan fingerprint density at radius 1 is 1.36 bits per heavy atom. The average molecular weight is 222 g/mol. The summed E-state index contributed by atoms with van der Waals surface area (Å²) in [6.07, 6.45) is 0.250. The van der Waals surface area contributed by atoms with Crippen LogP contribution < -0.4 is 0 Å². The van der Waals surface area contributed by atoms with Crippen molar-refractivity contribution in [2.24, 2.45) is 0 Å². The molecule has 0 saturated carbocycles. The third-order valence-electron chi connectivity index (χ3n) is 1.08. The molecule has 0 rings (SSSR count). The Morgan fingerprint density at radius 2 is 1.86 bits per heavy atom. The Morgan fingerprint density at radius 3 is 2.21 bits per heavy atom. The minimum Gasteiger partial charge on any atom is -0.459 e. The van der Waals surface area contributed by atoms with Gasteiger partial charge in [0.1, 0.15) is 23.4 Å². The number of esters is 1. The fourth-order valence-electron chi connectivity index (χ4n) is 0.713. The quantitative estimate of drug-likeness (QED) is 0.492. The van der Waals surface area contributed by atoms with Crippen molar-refractivity contribution in [3.05, 3.63) is 0 Å². The molecule has 0 heterocycles. The molecule has 0 radical (unpaired) electrons. The Balaban J connectivity index is 4.27. The highest BCUT2D eigenvalue weighted by Gasteiger charge is 2.22. The van der Waals surface area contributed by atoms with Crippen molar-refractivity contribution in [3.63, 3.8) is 0 Å². The molecule has 0 aliphatic carbocycles. The number of carbonyl (C=O) groups excluding carboxylic acids is 2. The summed E-state index contributed by atoms with van der Waals surface area (Å²) in [5, 5.41) is 0. The Hall–Kier alpha value is -0.910. The fraction of sp³-hybridized carbons (Fsp3) is 0.750. The van der Waals surface area contributed by atoms with Gasteiger partial charge in [-0.3, -0.25) is 4.79 Å². The second kappa shape index (κ2) is 4.54. The molecule has 0 spiro atoms. The lowest BCUT2D eigenvalue weighted by Gasteiger charge is -2.19. The van der Waals surface area contributed by atoms with Gasteiger partial charge in [0.25, 0.3) is 0 Å². The van der Waals surface area contributed by atoms with E-state index in [-0.39, 0.29) is 6.29 Å². The lowest BCUT2D eigenvalue weighted by Crippen LogP contribution is -2.29. The van der Waals surface area contributed by atoms with Gasteiger partial charge in [0, 0.05) is 0 Å². The molecule has 0 bridgehead atoms. The minimum absolute atomic E-state index is 0.250. The third-order valence-corrected chi connectivity index (χ3v) is 2.40. The van der Waals surface area contributed by atoms with Crippen LogP contribution in [0.25, 0.3) is 0 Å². The van der Waals surface area contributed by atoms with E-state index in [1.807, 2.05) is 0 Å². The summed E-state index contributed by atoms with van der Waals surface area (Å²) >= 11 is 0. The maximum Gasteiger partial charge on any atom is 0.321 e. The first-order valence-corrected chi connectivity index (χ1v) is 5.84. The fourth-order valence-corrected chi connectivity index (χ4v) is 1.46. The lowest BCUT2D eigenvalue weighted by molar-refractivity contribution is -0.151. The van der Waals surface area contributed by atoms with Gasteiger partial charge >= 0.3 is 5.97 Å². The molecule has 0 aromatic heterocycles. The summed E-state index contributed by atoms with van der Waals surface area (Å²) < 4.78 is 26.8. The largest absolute Gasteiger partial charge is 0.459 e. The molecule has 0 saturated heterocycles. The first-order chi connectivity index (χ1) is 6.16. The van der Waals surface area contributed by atoms with Gasteiger partial charge in [-0.05, 0) is 20.8 Å². The molecule has 0 amide bonds. The van der Waals surface area contributed by atoms with E-state index < -0.39 is 32.9 Å². The smallest absolute Gasteiger partial charge is 0.321 e. The molecule has 5 nitrogen and oxygen atoms in total. The Bertz CT molecular complexity index is 309. The summed E-state index contributed by atoms with van der Waals surface area (Å²) in [5.74, 6) is -2.23. The monoisotopic (exact) mass is 222 g/mol. The number of carbonyl (C=O) groups is 2. The van der Waals surface area contributed by atoms with Crippen LogP contribution in [0.1, 0.15) is 20.8 Å². The van der Waals surface area contributed by atoms with E-state index in [1.54, 1.807) is 20.8 Å². The van der Waals surface area contributed by atoms with Gasteiger partial charge in [-0.25, -0.2) is 8.42 Å². The van der Waals surface area contributed by atoms with Gasteiger partial charge in [-0.15, -0.1) is 0 Å². The van der Waals surface area contributed by atoms with Crippen molar-refractivity contribution in [2.75, 3.05) is 11.5 Å². The predicted octanol–water partition coefficient (Wildman–Crippen LogP) is -0.0582. The average Bonchev–Trinajstić information content (AvgIpc) is 1.78. The highest BCUT2D eigenvalue weighted by molar-refractivity contribution is 7.92. The predicted molar refractivity (Wildman–Crippen MR) is 50.6 cm³/mol. The molecule has 0 fully saturated rings. The number of sulfone groups is 1. The highest BCUT2D eigenvalue weighted by atomic mass is 32.2. The Labute approximate surface area is 83.4 Å². The highest BCUT2D eigenvalue weighted by Crippen LogP contribution is 2.07. The van der Waals surface area contributed by atoms with E-state index in [4.69, 9.17) is 4.74 Å². The van der Waals surface area contributed by atoms with Crippen molar-refractivity contribution in [1.82, 2.24) is 0 Å². The van der Waals surface area contributed by atoms with E-state index in [2.05, 4.69) is 0 Å². The molecule has 0 unspecified atom stereocenters. The molecule has 6 heteroatoms. The molecule has 82 valence electrons. The van der Waals surface area contributed by atoms with Crippen LogP contribution in [0.5, 0.6) is 0 Å². The molecular weight excluding hydrogens is 208 g/mol. The zero-order chi connectivity index (χ0) is 11.4. The standard InChI is InChI=1S/C8H14O5S/c1-8(2,3)13-7(10)6-14(11,12)5-4-9/h4H,5-6H2,1-3H3. The van der Waals surface area contributed by atoms with Crippen LogP contribution in [-0.2, 0) is 24.2 Å². The zero-order valence-corrected chi connectivity index (χ0v) is 9.26. The third kappa shape index (κ3) is 6.59. The summed E-state index contributed by atoms with van der Waals surface area (Å²) in [6.45, 7) is 4.91. The van der Waals surface area contributed by atoms with Crippen LogP contribution in [0.15, 0.2) is 0 Å². The van der Waals surface area contributed by atoms with E-state index in [0.717, 1.165) is 0 Å². The number of ether oxygens (including phenoxy) is 1. The van der Waals surface area contributed by atoms with Crippen LogP contribution in [0.3, 0.4) is 0 Å². The van der Waals surface area contributed by atoms with E-state index in [9.17, 15) is 18.0 Å². The first-order valence-electron chi connectivity index (χ1n) is 4.02. The number of hydrogen-bond acceptors (Lipinski definition) is 5. The van der Waals surface area contributed by atoms with Crippen LogP contribution in [0.4, 0.5) is 0 Å². The SMILES string of the molecule is CC(C)(C)OC(=O)CS(=O)(=O)CC=O. The Kier molecular flexibility index (Phi) is 4.25. The molecule has 0 aliphatic rings.